The first kappa shape index (κ1) is 17.9. The van der Waals surface area contributed by atoms with Crippen LogP contribution in [0.2, 0.25) is 0 Å². The van der Waals surface area contributed by atoms with E-state index in [0.29, 0.717) is 0 Å². The largest absolute Gasteiger partial charge is 0.396 e. The van der Waals surface area contributed by atoms with Crippen LogP contribution in [0.25, 0.3) is 0 Å². The number of ether oxygens (including phenoxy) is 1. The van der Waals surface area contributed by atoms with Crippen LogP contribution >= 0.6 is 0 Å². The van der Waals surface area contributed by atoms with Crippen LogP contribution in [0.3, 0.4) is 0 Å². The van der Waals surface area contributed by atoms with E-state index in [1.165, 1.54) is 16.8 Å². The Kier molecular flexibility index (Phi) is 6.86. The highest BCUT2D eigenvalue weighted by Crippen LogP contribution is 2.20. The van der Waals surface area contributed by atoms with Crippen molar-refractivity contribution in [3.8, 4) is 0 Å². The van der Waals surface area contributed by atoms with Gasteiger partial charge in [-0.05, 0) is 36.1 Å². The van der Waals surface area contributed by atoms with Crippen molar-refractivity contribution in [3.05, 3.63) is 65.7 Å². The first-order chi connectivity index (χ1) is 12.4. The molecule has 1 unspecified atom stereocenters. The lowest BCUT2D eigenvalue weighted by atomic mass is 10.0. The molecule has 0 radical (unpaired) electrons. The zero-order valence-electron chi connectivity index (χ0n) is 14.7. The van der Waals surface area contributed by atoms with Crippen LogP contribution in [0, 0.1) is 0 Å². The van der Waals surface area contributed by atoms with Gasteiger partial charge in [0.15, 0.2) is 0 Å². The highest BCUT2D eigenvalue weighted by Gasteiger charge is 2.12. The lowest BCUT2D eigenvalue weighted by molar-refractivity contribution is 0.122. The van der Waals surface area contributed by atoms with E-state index in [1.807, 2.05) is 6.07 Å². The highest BCUT2D eigenvalue weighted by molar-refractivity contribution is 5.47. The van der Waals surface area contributed by atoms with Gasteiger partial charge in [0.2, 0.25) is 0 Å². The van der Waals surface area contributed by atoms with Crippen LogP contribution in [0.15, 0.2) is 54.6 Å². The third kappa shape index (κ3) is 5.30. The molecule has 2 aromatic rings. The lowest BCUT2D eigenvalue weighted by Gasteiger charge is -2.29. The Labute approximate surface area is 150 Å². The van der Waals surface area contributed by atoms with Crippen molar-refractivity contribution in [3.63, 3.8) is 0 Å². The van der Waals surface area contributed by atoms with E-state index < -0.39 is 0 Å². The first-order valence-electron chi connectivity index (χ1n) is 9.17. The molecule has 1 atom stereocenters. The number of rotatable bonds is 8. The Balaban J connectivity index is 1.58. The first-order valence-corrected chi connectivity index (χ1v) is 9.17. The zero-order chi connectivity index (χ0) is 17.3. The van der Waals surface area contributed by atoms with Crippen LogP contribution < -0.4 is 10.2 Å². The van der Waals surface area contributed by atoms with Crippen molar-refractivity contribution in [1.29, 1.82) is 0 Å². The molecule has 0 spiro atoms. The molecular weight excluding hydrogens is 312 g/mol. The summed E-state index contributed by atoms with van der Waals surface area (Å²) in [5.74, 6) is 0. The fourth-order valence-corrected chi connectivity index (χ4v) is 3.25. The van der Waals surface area contributed by atoms with E-state index in [-0.39, 0.29) is 12.6 Å². The molecule has 0 saturated carbocycles. The van der Waals surface area contributed by atoms with Crippen molar-refractivity contribution >= 4 is 5.69 Å². The number of hydrogen-bond acceptors (Lipinski definition) is 4. The van der Waals surface area contributed by atoms with Crippen molar-refractivity contribution < 1.29 is 9.84 Å². The summed E-state index contributed by atoms with van der Waals surface area (Å²) in [6.07, 6.45) is 1.74. The number of nitrogens with zero attached hydrogens (tertiary/aromatic N) is 1. The number of hydrogen-bond donors (Lipinski definition) is 2. The predicted octanol–water partition coefficient (Wildman–Crippen LogP) is 3.13. The second-order valence-electron chi connectivity index (χ2n) is 6.48. The number of anilines is 1. The monoisotopic (exact) mass is 340 g/mol. The van der Waals surface area contributed by atoms with Gasteiger partial charge in [-0.15, -0.1) is 0 Å². The molecule has 3 rings (SSSR count). The molecule has 0 aliphatic carbocycles. The van der Waals surface area contributed by atoms with E-state index in [9.17, 15) is 0 Å². The third-order valence-electron chi connectivity index (χ3n) is 4.72. The average Bonchev–Trinajstić information content (AvgIpc) is 2.70. The van der Waals surface area contributed by atoms with Crippen LogP contribution in [-0.2, 0) is 11.3 Å². The molecule has 0 aromatic heterocycles. The number of morpholine rings is 1. The Hall–Kier alpha value is -1.88. The SMILES string of the molecule is OCCCC(NCc1ccc(N2CCOCC2)cc1)c1ccccc1. The van der Waals surface area contributed by atoms with Gasteiger partial charge in [-0.3, -0.25) is 0 Å². The van der Waals surface area contributed by atoms with Crippen molar-refractivity contribution in [2.45, 2.75) is 25.4 Å². The second-order valence-corrected chi connectivity index (χ2v) is 6.48. The Bertz CT molecular complexity index is 610. The molecule has 1 fully saturated rings. The number of benzene rings is 2. The van der Waals surface area contributed by atoms with E-state index in [4.69, 9.17) is 9.84 Å². The van der Waals surface area contributed by atoms with Gasteiger partial charge >= 0.3 is 0 Å². The molecular formula is C21H28N2O2. The zero-order valence-corrected chi connectivity index (χ0v) is 14.7. The minimum atomic E-state index is 0.235. The van der Waals surface area contributed by atoms with Crippen molar-refractivity contribution in [2.75, 3.05) is 37.8 Å². The number of aliphatic hydroxyl groups is 1. The van der Waals surface area contributed by atoms with Crippen LogP contribution in [-0.4, -0.2) is 38.0 Å². The molecule has 0 bridgehead atoms. The summed E-state index contributed by atoms with van der Waals surface area (Å²) in [5, 5.41) is 12.8. The Morgan fingerprint density at radius 1 is 1.00 bits per heavy atom. The summed E-state index contributed by atoms with van der Waals surface area (Å²) in [4.78, 5) is 2.37. The summed E-state index contributed by atoms with van der Waals surface area (Å²) in [6.45, 7) is 4.62. The van der Waals surface area contributed by atoms with E-state index in [2.05, 4.69) is 58.7 Å². The van der Waals surface area contributed by atoms with Crippen LogP contribution in [0.1, 0.15) is 30.0 Å². The maximum Gasteiger partial charge on any atom is 0.0642 e. The van der Waals surface area contributed by atoms with Gasteiger partial charge in [-0.1, -0.05) is 42.5 Å². The smallest absolute Gasteiger partial charge is 0.0642 e. The molecule has 1 heterocycles. The molecule has 4 heteroatoms. The molecule has 134 valence electrons. The molecule has 25 heavy (non-hydrogen) atoms. The number of nitrogens with one attached hydrogen (secondary N) is 1. The van der Waals surface area contributed by atoms with Gasteiger partial charge < -0.3 is 20.1 Å². The van der Waals surface area contributed by atoms with Gasteiger partial charge in [-0.25, -0.2) is 0 Å². The molecule has 2 N–H and O–H groups in total. The second kappa shape index (κ2) is 9.56. The van der Waals surface area contributed by atoms with Gasteiger partial charge in [0, 0.05) is 38.0 Å². The van der Waals surface area contributed by atoms with Crippen molar-refractivity contribution in [1.82, 2.24) is 5.32 Å². The predicted molar refractivity (Wildman–Crippen MR) is 102 cm³/mol. The van der Waals surface area contributed by atoms with E-state index >= 15 is 0 Å². The maximum atomic E-state index is 9.16. The van der Waals surface area contributed by atoms with Gasteiger partial charge in [0.25, 0.3) is 0 Å². The normalized spacial score (nSPS) is 16.0. The fourth-order valence-electron chi connectivity index (χ4n) is 3.25. The van der Waals surface area contributed by atoms with E-state index in [1.54, 1.807) is 0 Å². The summed E-state index contributed by atoms with van der Waals surface area (Å²) in [5.41, 5.74) is 3.83. The summed E-state index contributed by atoms with van der Waals surface area (Å²) in [7, 11) is 0. The minimum absolute atomic E-state index is 0.235. The lowest BCUT2D eigenvalue weighted by Crippen LogP contribution is -2.36. The Morgan fingerprint density at radius 3 is 2.40 bits per heavy atom. The van der Waals surface area contributed by atoms with E-state index in [0.717, 1.165) is 45.7 Å². The highest BCUT2D eigenvalue weighted by atomic mass is 16.5. The van der Waals surface area contributed by atoms with Crippen LogP contribution in [0.5, 0.6) is 0 Å². The number of aliphatic hydroxyl groups excluding tert-OH is 1. The molecule has 1 saturated heterocycles. The quantitative estimate of drug-likeness (QED) is 0.775. The molecule has 1 aliphatic heterocycles. The van der Waals surface area contributed by atoms with Crippen LogP contribution in [0.4, 0.5) is 5.69 Å². The van der Waals surface area contributed by atoms with Crippen molar-refractivity contribution in [2.24, 2.45) is 0 Å². The third-order valence-corrected chi connectivity index (χ3v) is 4.72. The fraction of sp³-hybridized carbons (Fsp3) is 0.429. The van der Waals surface area contributed by atoms with Gasteiger partial charge in [0.05, 0.1) is 13.2 Å². The average molecular weight is 340 g/mol. The van der Waals surface area contributed by atoms with Gasteiger partial charge in [0.1, 0.15) is 0 Å². The molecule has 1 aliphatic rings. The molecule has 4 nitrogen and oxygen atoms in total. The molecule has 0 amide bonds. The summed E-state index contributed by atoms with van der Waals surface area (Å²) >= 11 is 0. The summed E-state index contributed by atoms with van der Waals surface area (Å²) < 4.78 is 5.41. The topological polar surface area (TPSA) is 44.7 Å². The minimum Gasteiger partial charge on any atom is -0.396 e. The molecule has 2 aromatic carbocycles. The standard InChI is InChI=1S/C21H28N2O2/c24-14-4-7-21(19-5-2-1-3-6-19)22-17-18-8-10-20(11-9-18)23-12-15-25-16-13-23/h1-3,5-6,8-11,21-22,24H,4,7,12-17H2. The van der Waals surface area contributed by atoms with Gasteiger partial charge in [-0.2, -0.15) is 0 Å². The summed E-state index contributed by atoms with van der Waals surface area (Å²) in [6, 6.07) is 19.6. The maximum absolute atomic E-state index is 9.16. The Morgan fingerprint density at radius 2 is 1.72 bits per heavy atom.